The molecule has 22 nitrogen and oxygen atoms in total. The van der Waals surface area contributed by atoms with E-state index in [2.05, 4.69) is 42.5 Å². The van der Waals surface area contributed by atoms with Crippen molar-refractivity contribution >= 4 is 62.4 Å². The summed E-state index contributed by atoms with van der Waals surface area (Å²) in [5, 5.41) is 11.2. The molecule has 10 atom stereocenters. The number of imidazole rings is 2. The predicted octanol–water partition coefficient (Wildman–Crippen LogP) is -0.766. The monoisotopic (exact) mass is 718 g/mol. The Labute approximate surface area is 268 Å². The van der Waals surface area contributed by atoms with Gasteiger partial charge in [-0.15, -0.1) is 0 Å². The van der Waals surface area contributed by atoms with Crippen molar-refractivity contribution in [2.75, 3.05) is 30.4 Å². The van der Waals surface area contributed by atoms with Crippen molar-refractivity contribution < 1.29 is 51.6 Å². The molecule has 0 saturated carbocycles. The van der Waals surface area contributed by atoms with Crippen molar-refractivity contribution in [2.24, 2.45) is 5.92 Å². The van der Waals surface area contributed by atoms with Gasteiger partial charge in [0.15, 0.2) is 35.1 Å². The van der Waals surface area contributed by atoms with Crippen molar-refractivity contribution in [1.82, 2.24) is 39.0 Å². The molecule has 254 valence electrons. The van der Waals surface area contributed by atoms with Gasteiger partial charge in [0.2, 0.25) is 5.95 Å². The number of ether oxygens (including phenoxy) is 2. The standard InChI is InChI=1S/C22H28N10O12P2S/c23-16-11-17(26-5-25-16)31(6-27-11)20-13(33)15-10(42-20)4-40-45(35,36)43-14-8(1-2-47)9(3-39-46(37,38)44-15)41-21(14)32-7-28-12-18(32)29-22(24)30-19(12)34/h5-10,13-15,20-21,33,47H,1-4H2,(H,35,36)(H,37,38)(H2,23,25,26)(H3,24,29,30,34)/t8-,9-,10-,13-,14-,15-,20-,21-/m1/s1. The average Bonchev–Trinajstić information content (AvgIpc) is 3.76. The lowest BCUT2D eigenvalue weighted by Gasteiger charge is -2.26. The SMILES string of the molecule is Nc1nc2c(ncn2[C@@H]2O[C@@H]3COP(=O)(O)O[C@H]4[C@@H](O)[C@H](n5cnc6c(N)ncnc65)O[C@@H]4COP(=O)(O)O[C@@H]2[C@@H]3CCS)c(=O)[nH]1. The van der Waals surface area contributed by atoms with Crippen LogP contribution in [-0.4, -0.2) is 103 Å². The van der Waals surface area contributed by atoms with Crippen LogP contribution < -0.4 is 17.0 Å². The Morgan fingerprint density at radius 1 is 0.915 bits per heavy atom. The number of nitrogens with one attached hydrogen (secondary N) is 1. The molecular formula is C22H28N10O12P2S. The number of aliphatic hydroxyl groups excluding tert-OH is 1. The summed E-state index contributed by atoms with van der Waals surface area (Å²) in [6, 6.07) is 0. The predicted molar refractivity (Wildman–Crippen MR) is 159 cm³/mol. The second kappa shape index (κ2) is 12.1. The first kappa shape index (κ1) is 32.5. The van der Waals surface area contributed by atoms with E-state index in [4.69, 9.17) is 39.0 Å². The van der Waals surface area contributed by atoms with Crippen molar-refractivity contribution in [3.8, 4) is 0 Å². The molecule has 3 aliphatic rings. The molecule has 0 radical (unpaired) electrons. The Balaban J connectivity index is 1.23. The lowest BCUT2D eigenvalue weighted by molar-refractivity contribution is -0.0671. The molecule has 0 spiro atoms. The molecule has 25 heteroatoms. The molecule has 3 saturated heterocycles. The van der Waals surface area contributed by atoms with E-state index in [0.29, 0.717) is 0 Å². The number of hydrogen-bond acceptors (Lipinski definition) is 18. The van der Waals surface area contributed by atoms with E-state index < -0.39 is 83.3 Å². The summed E-state index contributed by atoms with van der Waals surface area (Å²) in [6.07, 6.45) is -5.85. The van der Waals surface area contributed by atoms with Crippen LogP contribution in [0.4, 0.5) is 11.8 Å². The van der Waals surface area contributed by atoms with Gasteiger partial charge in [-0.2, -0.15) is 17.6 Å². The lowest BCUT2D eigenvalue weighted by Crippen LogP contribution is -2.36. The first-order valence-corrected chi connectivity index (χ1v) is 17.5. The first-order chi connectivity index (χ1) is 22.4. The molecule has 2 unspecified atom stereocenters. The third kappa shape index (κ3) is 5.96. The van der Waals surface area contributed by atoms with Gasteiger partial charge in [-0.3, -0.25) is 37.0 Å². The van der Waals surface area contributed by atoms with Gasteiger partial charge >= 0.3 is 15.6 Å². The number of phosphoric acid groups is 2. The van der Waals surface area contributed by atoms with Gasteiger partial charge in [-0.25, -0.2) is 29.1 Å². The quantitative estimate of drug-likeness (QED) is 0.101. The molecular weight excluding hydrogens is 690 g/mol. The summed E-state index contributed by atoms with van der Waals surface area (Å²) in [5.74, 6) is -0.721. The molecule has 2 bridgehead atoms. The molecule has 3 aliphatic heterocycles. The minimum Gasteiger partial charge on any atom is -0.386 e. The summed E-state index contributed by atoms with van der Waals surface area (Å²) in [6.45, 7) is -1.35. The summed E-state index contributed by atoms with van der Waals surface area (Å²) >= 11 is 4.29. The third-order valence-corrected chi connectivity index (χ3v) is 10.2. The molecule has 3 fully saturated rings. The highest BCUT2D eigenvalue weighted by molar-refractivity contribution is 7.80. The van der Waals surface area contributed by atoms with Crippen LogP contribution in [0.5, 0.6) is 0 Å². The third-order valence-electron chi connectivity index (χ3n) is 7.97. The van der Waals surface area contributed by atoms with Gasteiger partial charge in [0, 0.05) is 5.92 Å². The molecule has 7 heterocycles. The molecule has 47 heavy (non-hydrogen) atoms. The summed E-state index contributed by atoms with van der Waals surface area (Å²) < 4.78 is 63.1. The molecule has 0 amide bonds. The summed E-state index contributed by atoms with van der Waals surface area (Å²) in [5.41, 5.74) is 11.2. The minimum atomic E-state index is -5.00. The number of anilines is 2. The average molecular weight is 719 g/mol. The Hall–Kier alpha value is -3.05. The molecule has 8 N–H and O–H groups in total. The fourth-order valence-corrected chi connectivity index (χ4v) is 8.13. The van der Waals surface area contributed by atoms with Gasteiger partial charge in [0.05, 0.1) is 32.0 Å². The normalized spacial score (nSPS) is 36.6. The number of thiol groups is 1. The fraction of sp³-hybridized carbons (Fsp3) is 0.545. The van der Waals surface area contributed by atoms with Crippen LogP contribution in [0.15, 0.2) is 23.8 Å². The highest BCUT2D eigenvalue weighted by Crippen LogP contribution is 2.55. The van der Waals surface area contributed by atoms with Gasteiger partial charge in [0.1, 0.15) is 36.3 Å². The number of H-pyrrole nitrogens is 1. The topological polar surface area (TPSA) is 309 Å². The lowest BCUT2D eigenvalue weighted by atomic mass is 9.95. The Kier molecular flexibility index (Phi) is 8.38. The summed E-state index contributed by atoms with van der Waals surface area (Å²) in [7, 11) is -9.99. The van der Waals surface area contributed by atoms with E-state index in [0.717, 1.165) is 0 Å². The van der Waals surface area contributed by atoms with Crippen LogP contribution in [-0.2, 0) is 36.7 Å². The number of nitrogen functional groups attached to an aromatic ring is 2. The van der Waals surface area contributed by atoms with Gasteiger partial charge < -0.3 is 35.8 Å². The number of aromatic nitrogens is 8. The molecule has 7 rings (SSSR count). The number of phosphoric ester groups is 2. The number of nitrogens with zero attached hydrogens (tertiary/aromatic N) is 7. The van der Waals surface area contributed by atoms with Crippen LogP contribution in [0.1, 0.15) is 18.9 Å². The number of rotatable bonds is 4. The molecule has 0 aromatic carbocycles. The van der Waals surface area contributed by atoms with Crippen LogP contribution in [0.3, 0.4) is 0 Å². The maximum Gasteiger partial charge on any atom is 0.472 e. The number of aliphatic hydroxyl groups is 1. The van der Waals surface area contributed by atoms with Gasteiger partial charge in [0.25, 0.3) is 5.56 Å². The summed E-state index contributed by atoms with van der Waals surface area (Å²) in [4.78, 5) is 56.8. The van der Waals surface area contributed by atoms with Crippen molar-refractivity contribution in [3.63, 3.8) is 0 Å². The highest BCUT2D eigenvalue weighted by atomic mass is 32.1. The number of aromatic amines is 1. The van der Waals surface area contributed by atoms with Gasteiger partial charge in [-0.05, 0) is 12.2 Å². The van der Waals surface area contributed by atoms with Gasteiger partial charge in [-0.1, -0.05) is 0 Å². The minimum absolute atomic E-state index is 0.0247. The largest absolute Gasteiger partial charge is 0.472 e. The number of nitrogens with two attached hydrogens (primary N) is 2. The second-order valence-electron chi connectivity index (χ2n) is 10.8. The Bertz CT molecular complexity index is 1980. The Morgan fingerprint density at radius 2 is 1.55 bits per heavy atom. The van der Waals surface area contributed by atoms with Crippen molar-refractivity contribution in [2.45, 2.75) is 49.4 Å². The zero-order valence-electron chi connectivity index (χ0n) is 23.8. The maximum absolute atomic E-state index is 13.5. The Morgan fingerprint density at radius 3 is 2.28 bits per heavy atom. The van der Waals surface area contributed by atoms with Crippen LogP contribution in [0.25, 0.3) is 22.3 Å². The second-order valence-corrected chi connectivity index (χ2v) is 14.1. The van der Waals surface area contributed by atoms with Crippen LogP contribution >= 0.6 is 28.3 Å². The van der Waals surface area contributed by atoms with E-state index in [1.54, 1.807) is 0 Å². The van der Waals surface area contributed by atoms with Crippen molar-refractivity contribution in [3.05, 3.63) is 29.3 Å². The zero-order valence-corrected chi connectivity index (χ0v) is 26.5. The van der Waals surface area contributed by atoms with E-state index in [1.807, 2.05) is 0 Å². The molecule has 4 aromatic rings. The van der Waals surface area contributed by atoms with E-state index in [1.165, 1.54) is 28.1 Å². The van der Waals surface area contributed by atoms with E-state index in [-0.39, 0.29) is 46.3 Å². The van der Waals surface area contributed by atoms with E-state index >= 15 is 0 Å². The maximum atomic E-state index is 13.5. The number of fused-ring (bicyclic) bond motifs is 5. The fourth-order valence-electron chi connectivity index (χ4n) is 5.90. The van der Waals surface area contributed by atoms with Crippen molar-refractivity contribution in [1.29, 1.82) is 0 Å². The molecule has 0 aliphatic carbocycles. The van der Waals surface area contributed by atoms with Crippen LogP contribution in [0.2, 0.25) is 0 Å². The highest BCUT2D eigenvalue weighted by Gasteiger charge is 2.54. The van der Waals surface area contributed by atoms with E-state index in [9.17, 15) is 28.8 Å². The molecule has 4 aromatic heterocycles. The first-order valence-electron chi connectivity index (χ1n) is 13.9. The zero-order chi connectivity index (χ0) is 33.2. The number of hydrogen-bond donors (Lipinski definition) is 7. The smallest absolute Gasteiger partial charge is 0.386 e. The van der Waals surface area contributed by atoms with Crippen LogP contribution in [0, 0.1) is 5.92 Å².